The molecule has 2 aliphatic rings. The normalized spacial score (nSPS) is 20.4. The van der Waals surface area contributed by atoms with Gasteiger partial charge in [-0.25, -0.2) is 4.68 Å². The summed E-state index contributed by atoms with van der Waals surface area (Å²) in [6.07, 6.45) is 4.36. The van der Waals surface area contributed by atoms with Crippen LogP contribution in [0.25, 0.3) is 0 Å². The maximum absolute atomic E-state index is 12.5. The van der Waals surface area contributed by atoms with Crippen LogP contribution in [-0.4, -0.2) is 26.8 Å². The van der Waals surface area contributed by atoms with Gasteiger partial charge < -0.3 is 5.32 Å². The first-order valence-corrected chi connectivity index (χ1v) is 8.59. The van der Waals surface area contributed by atoms with Crippen LogP contribution < -0.4 is 5.32 Å². The molecule has 0 fully saturated rings. The summed E-state index contributed by atoms with van der Waals surface area (Å²) in [6.45, 7) is 0. The highest BCUT2D eigenvalue weighted by Crippen LogP contribution is 2.40. The molecule has 5 nitrogen and oxygen atoms in total. The minimum Gasteiger partial charge on any atom is -0.328 e. The van der Waals surface area contributed by atoms with Crippen molar-refractivity contribution >= 4 is 23.5 Å². The standard InChI is InChI=1S/C16H16N4OS/c1-22-16-18-15-17-11-8-5-9-12(21)13(11)14(20(15)19-16)10-6-3-2-4-7-10/h2-4,6-7,14H,5,8-9H2,1H3,(H,17,18,19). The highest BCUT2D eigenvalue weighted by Gasteiger charge is 2.36. The number of nitrogens with zero attached hydrogens (tertiary/aromatic N) is 3. The van der Waals surface area contributed by atoms with Gasteiger partial charge in [0.2, 0.25) is 11.1 Å². The molecule has 22 heavy (non-hydrogen) atoms. The number of hydrogen-bond acceptors (Lipinski definition) is 5. The van der Waals surface area contributed by atoms with Crippen molar-refractivity contribution in [2.24, 2.45) is 0 Å². The fourth-order valence-electron chi connectivity index (χ4n) is 3.17. The average Bonchev–Trinajstić information content (AvgIpc) is 2.96. The Morgan fingerprint density at radius 2 is 2.09 bits per heavy atom. The van der Waals surface area contributed by atoms with E-state index < -0.39 is 0 Å². The van der Waals surface area contributed by atoms with E-state index in [9.17, 15) is 4.79 Å². The first-order valence-electron chi connectivity index (χ1n) is 7.36. The molecular formula is C16H16N4OS. The van der Waals surface area contributed by atoms with Gasteiger partial charge in [-0.15, -0.1) is 5.10 Å². The van der Waals surface area contributed by atoms with E-state index in [1.807, 2.05) is 41.3 Å². The van der Waals surface area contributed by atoms with Crippen LogP contribution >= 0.6 is 11.8 Å². The van der Waals surface area contributed by atoms with Crippen LogP contribution in [0.2, 0.25) is 0 Å². The van der Waals surface area contributed by atoms with Crippen molar-refractivity contribution in [1.82, 2.24) is 14.8 Å². The van der Waals surface area contributed by atoms with E-state index in [4.69, 9.17) is 0 Å². The Kier molecular flexibility index (Phi) is 3.26. The molecule has 2 heterocycles. The molecule has 1 aliphatic heterocycles. The van der Waals surface area contributed by atoms with Crippen molar-refractivity contribution in [1.29, 1.82) is 0 Å². The van der Waals surface area contributed by atoms with Gasteiger partial charge in [0.1, 0.15) is 6.04 Å². The number of ketones is 1. The van der Waals surface area contributed by atoms with Crippen LogP contribution in [0, 0.1) is 0 Å². The number of aromatic nitrogens is 3. The smallest absolute Gasteiger partial charge is 0.227 e. The van der Waals surface area contributed by atoms with Gasteiger partial charge in [-0.05, 0) is 24.7 Å². The van der Waals surface area contributed by atoms with E-state index in [-0.39, 0.29) is 11.8 Å². The van der Waals surface area contributed by atoms with Gasteiger partial charge in [0, 0.05) is 17.7 Å². The van der Waals surface area contributed by atoms with Gasteiger partial charge >= 0.3 is 0 Å². The Hall–Kier alpha value is -2.08. The molecule has 0 saturated heterocycles. The summed E-state index contributed by atoms with van der Waals surface area (Å²) in [5.41, 5.74) is 2.94. The number of benzene rings is 1. The fraction of sp³-hybridized carbons (Fsp3) is 0.312. The predicted molar refractivity (Wildman–Crippen MR) is 85.9 cm³/mol. The van der Waals surface area contributed by atoms with Crippen molar-refractivity contribution < 1.29 is 4.79 Å². The zero-order chi connectivity index (χ0) is 15.1. The minimum absolute atomic E-state index is 0.173. The molecule has 6 heteroatoms. The molecule has 112 valence electrons. The monoisotopic (exact) mass is 312 g/mol. The molecule has 0 spiro atoms. The number of thioether (sulfide) groups is 1. The van der Waals surface area contributed by atoms with Crippen molar-refractivity contribution in [2.75, 3.05) is 11.6 Å². The number of rotatable bonds is 2. The van der Waals surface area contributed by atoms with Crippen LogP contribution in [0.3, 0.4) is 0 Å². The molecular weight excluding hydrogens is 296 g/mol. The van der Waals surface area contributed by atoms with Crippen LogP contribution in [0.4, 0.5) is 5.95 Å². The second-order valence-electron chi connectivity index (χ2n) is 5.47. The second-order valence-corrected chi connectivity index (χ2v) is 6.25. The predicted octanol–water partition coefficient (Wildman–Crippen LogP) is 3.02. The van der Waals surface area contributed by atoms with Gasteiger partial charge in [0.05, 0.1) is 0 Å². The second kappa shape index (κ2) is 5.28. The van der Waals surface area contributed by atoms with Gasteiger partial charge in [0.25, 0.3) is 0 Å². The number of fused-ring (bicyclic) bond motifs is 1. The summed E-state index contributed by atoms with van der Waals surface area (Å²) in [5, 5.41) is 8.61. The van der Waals surface area contributed by atoms with Crippen molar-refractivity contribution in [2.45, 2.75) is 30.5 Å². The first-order chi connectivity index (χ1) is 10.8. The third kappa shape index (κ3) is 2.06. The van der Waals surface area contributed by atoms with Gasteiger partial charge in [-0.2, -0.15) is 4.98 Å². The van der Waals surface area contributed by atoms with Crippen LogP contribution in [0.15, 0.2) is 46.8 Å². The third-order valence-electron chi connectivity index (χ3n) is 4.15. The fourth-order valence-corrected chi connectivity index (χ4v) is 3.51. The molecule has 1 aromatic heterocycles. The van der Waals surface area contributed by atoms with Gasteiger partial charge in [-0.3, -0.25) is 4.79 Å². The molecule has 1 atom stereocenters. The summed E-state index contributed by atoms with van der Waals surface area (Å²) in [6, 6.07) is 9.90. The third-order valence-corrected chi connectivity index (χ3v) is 4.68. The average molecular weight is 312 g/mol. The Bertz CT molecular complexity index is 766. The molecule has 4 rings (SSSR count). The maximum Gasteiger partial charge on any atom is 0.227 e. The zero-order valence-corrected chi connectivity index (χ0v) is 13.1. The van der Waals surface area contributed by atoms with E-state index in [0.29, 0.717) is 6.42 Å². The highest BCUT2D eigenvalue weighted by molar-refractivity contribution is 7.98. The number of allylic oxidation sites excluding steroid dienone is 2. The highest BCUT2D eigenvalue weighted by atomic mass is 32.2. The number of nitrogens with one attached hydrogen (secondary N) is 1. The van der Waals surface area contributed by atoms with Crippen LogP contribution in [-0.2, 0) is 4.79 Å². The van der Waals surface area contributed by atoms with Crippen LogP contribution in [0.1, 0.15) is 30.9 Å². The van der Waals surface area contributed by atoms with E-state index >= 15 is 0 Å². The van der Waals surface area contributed by atoms with E-state index in [0.717, 1.165) is 40.8 Å². The van der Waals surface area contributed by atoms with E-state index in [1.54, 1.807) is 0 Å². The Balaban J connectivity index is 1.92. The lowest BCUT2D eigenvalue weighted by Crippen LogP contribution is -2.31. The van der Waals surface area contributed by atoms with E-state index in [2.05, 4.69) is 15.4 Å². The topological polar surface area (TPSA) is 59.8 Å². The quantitative estimate of drug-likeness (QED) is 0.864. The number of hydrogen-bond donors (Lipinski definition) is 1. The molecule has 1 aromatic carbocycles. The van der Waals surface area contributed by atoms with E-state index in [1.165, 1.54) is 11.8 Å². The SMILES string of the molecule is CSc1nc2n(n1)C(c1ccccc1)C1=C(CCCC1=O)N2. The molecule has 0 radical (unpaired) electrons. The molecule has 2 aromatic rings. The molecule has 0 saturated carbocycles. The lowest BCUT2D eigenvalue weighted by molar-refractivity contribution is -0.116. The summed E-state index contributed by atoms with van der Waals surface area (Å²) in [7, 11) is 0. The minimum atomic E-state index is -0.173. The van der Waals surface area contributed by atoms with Crippen molar-refractivity contribution in [3.63, 3.8) is 0 Å². The summed E-state index contributed by atoms with van der Waals surface area (Å²) in [4.78, 5) is 17.1. The molecule has 1 unspecified atom stereocenters. The molecule has 1 aliphatic carbocycles. The zero-order valence-electron chi connectivity index (χ0n) is 12.2. The van der Waals surface area contributed by atoms with Crippen LogP contribution in [0.5, 0.6) is 0 Å². The van der Waals surface area contributed by atoms with Crippen molar-refractivity contribution in [3.05, 3.63) is 47.2 Å². The molecule has 1 N–H and O–H groups in total. The summed E-state index contributed by atoms with van der Waals surface area (Å²) in [5.74, 6) is 0.945. The lowest BCUT2D eigenvalue weighted by atomic mass is 9.85. The molecule has 0 bridgehead atoms. The first kappa shape index (κ1) is 13.6. The van der Waals surface area contributed by atoms with Gasteiger partial charge in [0.15, 0.2) is 5.78 Å². The molecule has 0 amide bonds. The number of Topliss-reactive ketones (excluding diaryl/α,β-unsaturated/α-hetero) is 1. The summed E-state index contributed by atoms with van der Waals surface area (Å²) >= 11 is 1.51. The Morgan fingerprint density at radius 3 is 2.86 bits per heavy atom. The van der Waals surface area contributed by atoms with Gasteiger partial charge in [-0.1, -0.05) is 42.1 Å². The number of carbonyl (C=O) groups is 1. The summed E-state index contributed by atoms with van der Waals surface area (Å²) < 4.78 is 1.85. The lowest BCUT2D eigenvalue weighted by Gasteiger charge is -2.32. The maximum atomic E-state index is 12.5. The number of carbonyl (C=O) groups excluding carboxylic acids is 1. The largest absolute Gasteiger partial charge is 0.328 e. The van der Waals surface area contributed by atoms with Crippen molar-refractivity contribution in [3.8, 4) is 0 Å². The number of anilines is 1. The Morgan fingerprint density at radius 1 is 1.27 bits per heavy atom. The Labute approximate surface area is 132 Å².